The monoisotopic (exact) mass is 384 g/mol. The van der Waals surface area contributed by atoms with Gasteiger partial charge in [-0.25, -0.2) is 14.4 Å². The summed E-state index contributed by atoms with van der Waals surface area (Å²) in [4.78, 5) is 21.5. The average molecular weight is 384 g/mol. The van der Waals surface area contributed by atoms with Crippen molar-refractivity contribution in [3.05, 3.63) is 66.2 Å². The quantitative estimate of drug-likeness (QED) is 0.523. The van der Waals surface area contributed by atoms with Crippen LogP contribution in [0, 0.1) is 5.82 Å². The summed E-state index contributed by atoms with van der Waals surface area (Å²) >= 11 is 2.82. The number of nitrogens with one attached hydrogen (secondary N) is 1. The Bertz CT molecular complexity index is 1060. The first-order valence-corrected chi connectivity index (χ1v) is 9.74. The van der Waals surface area contributed by atoms with Crippen LogP contribution in [0.1, 0.15) is 10.5 Å². The number of amides is 1. The van der Waals surface area contributed by atoms with Gasteiger partial charge in [0.1, 0.15) is 11.5 Å². The minimum absolute atomic E-state index is 0.318. The third kappa shape index (κ3) is 3.09. The van der Waals surface area contributed by atoms with Crippen molar-refractivity contribution in [2.45, 2.75) is 5.16 Å². The number of carbonyl (C=O) groups is 1. The zero-order valence-corrected chi connectivity index (χ0v) is 15.3. The molecule has 0 radical (unpaired) electrons. The lowest BCUT2D eigenvalue weighted by Gasteiger charge is -2.10. The number of fused-ring (bicyclic) bond motifs is 1. The zero-order chi connectivity index (χ0) is 18.1. The number of hydrogen-bond donors (Lipinski definition) is 1. The Labute approximate surface area is 156 Å². The zero-order valence-electron chi connectivity index (χ0n) is 13.6. The number of thiazole rings is 1. The second-order valence-corrected chi connectivity index (χ2v) is 7.19. The molecular formula is C18H13FN4OS2. The standard InChI is InChI=1S/C18H13FN4OS2/c1-25-18-20-10-14(23(18)12-8-6-11(19)7-9-12)16(24)22-17-21-13-4-2-3-5-15(13)26-17/h2-10H,1H3,(H,21,22,24). The van der Waals surface area contributed by atoms with E-state index in [4.69, 9.17) is 0 Å². The van der Waals surface area contributed by atoms with Crippen LogP contribution in [-0.4, -0.2) is 26.7 Å². The van der Waals surface area contributed by atoms with Crippen molar-refractivity contribution in [2.24, 2.45) is 0 Å². The molecule has 1 amide bonds. The highest BCUT2D eigenvalue weighted by Gasteiger charge is 2.19. The van der Waals surface area contributed by atoms with Gasteiger partial charge in [-0.15, -0.1) is 0 Å². The number of carbonyl (C=O) groups excluding carboxylic acids is 1. The van der Waals surface area contributed by atoms with E-state index in [0.29, 0.717) is 21.7 Å². The highest BCUT2D eigenvalue weighted by Crippen LogP contribution is 2.27. The van der Waals surface area contributed by atoms with E-state index in [9.17, 15) is 9.18 Å². The third-order valence-corrected chi connectivity index (χ3v) is 5.35. The minimum Gasteiger partial charge on any atom is -0.296 e. The van der Waals surface area contributed by atoms with Crippen molar-refractivity contribution in [1.29, 1.82) is 0 Å². The Hall–Kier alpha value is -2.71. The Morgan fingerprint density at radius 1 is 1.19 bits per heavy atom. The van der Waals surface area contributed by atoms with Gasteiger partial charge in [-0.2, -0.15) is 0 Å². The number of benzene rings is 2. The molecule has 2 aromatic heterocycles. The summed E-state index contributed by atoms with van der Waals surface area (Å²) in [6.07, 6.45) is 3.38. The van der Waals surface area contributed by atoms with Crippen molar-refractivity contribution < 1.29 is 9.18 Å². The first-order valence-electron chi connectivity index (χ1n) is 7.70. The molecule has 1 N–H and O–H groups in total. The molecule has 0 atom stereocenters. The fourth-order valence-corrected chi connectivity index (χ4v) is 3.97. The van der Waals surface area contributed by atoms with E-state index < -0.39 is 0 Å². The number of rotatable bonds is 4. The summed E-state index contributed by atoms with van der Waals surface area (Å²) in [5.41, 5.74) is 1.87. The first-order chi connectivity index (χ1) is 12.7. The molecule has 0 fully saturated rings. The predicted octanol–water partition coefficient (Wildman–Crippen LogP) is 4.60. The third-order valence-electron chi connectivity index (χ3n) is 3.74. The van der Waals surface area contributed by atoms with Crippen LogP contribution in [0.5, 0.6) is 0 Å². The van der Waals surface area contributed by atoms with Crippen molar-refractivity contribution >= 4 is 44.4 Å². The summed E-state index contributed by atoms with van der Waals surface area (Å²) in [5.74, 6) is -0.652. The van der Waals surface area contributed by atoms with Crippen LogP contribution < -0.4 is 5.32 Å². The minimum atomic E-state index is -0.333. The average Bonchev–Trinajstić information content (AvgIpc) is 3.25. The summed E-state index contributed by atoms with van der Waals surface area (Å²) in [5, 5.41) is 4.00. The first kappa shape index (κ1) is 16.7. The number of anilines is 1. The Balaban J connectivity index is 1.69. The largest absolute Gasteiger partial charge is 0.296 e. The molecule has 4 rings (SSSR count). The lowest BCUT2D eigenvalue weighted by Crippen LogP contribution is -2.16. The van der Waals surface area contributed by atoms with Gasteiger partial charge in [0, 0.05) is 5.69 Å². The fourth-order valence-electron chi connectivity index (χ4n) is 2.57. The molecule has 2 heterocycles. The number of imidazole rings is 1. The summed E-state index contributed by atoms with van der Waals surface area (Å²) < 4.78 is 15.9. The lowest BCUT2D eigenvalue weighted by atomic mass is 10.3. The molecule has 0 aliphatic heterocycles. The van der Waals surface area contributed by atoms with Gasteiger partial charge in [-0.05, 0) is 42.7 Å². The van der Waals surface area contributed by atoms with Gasteiger partial charge in [-0.1, -0.05) is 35.2 Å². The van der Waals surface area contributed by atoms with Gasteiger partial charge >= 0.3 is 0 Å². The molecule has 26 heavy (non-hydrogen) atoms. The van der Waals surface area contributed by atoms with Crippen LogP contribution in [-0.2, 0) is 0 Å². The molecule has 0 spiro atoms. The fraction of sp³-hybridized carbons (Fsp3) is 0.0556. The molecule has 8 heteroatoms. The van der Waals surface area contributed by atoms with Crippen LogP contribution >= 0.6 is 23.1 Å². The van der Waals surface area contributed by atoms with Crippen molar-refractivity contribution in [1.82, 2.24) is 14.5 Å². The van der Waals surface area contributed by atoms with Crippen molar-refractivity contribution in [3.8, 4) is 5.69 Å². The number of para-hydroxylation sites is 1. The Morgan fingerprint density at radius 3 is 2.69 bits per heavy atom. The molecule has 0 saturated carbocycles. The van der Waals surface area contributed by atoms with Crippen LogP contribution in [0.15, 0.2) is 59.9 Å². The van der Waals surface area contributed by atoms with E-state index in [1.54, 1.807) is 16.7 Å². The van der Waals surface area contributed by atoms with Gasteiger partial charge in [0.25, 0.3) is 5.91 Å². The number of aromatic nitrogens is 3. The van der Waals surface area contributed by atoms with Gasteiger partial charge < -0.3 is 0 Å². The molecule has 0 bridgehead atoms. The highest BCUT2D eigenvalue weighted by molar-refractivity contribution is 7.98. The smallest absolute Gasteiger partial charge is 0.276 e. The highest BCUT2D eigenvalue weighted by atomic mass is 32.2. The molecule has 0 aliphatic carbocycles. The topological polar surface area (TPSA) is 59.8 Å². The molecule has 4 aromatic rings. The number of hydrogen-bond acceptors (Lipinski definition) is 5. The molecule has 2 aromatic carbocycles. The van der Waals surface area contributed by atoms with Gasteiger partial charge in [0.2, 0.25) is 0 Å². The molecular weight excluding hydrogens is 371 g/mol. The molecule has 0 saturated heterocycles. The molecule has 0 unspecified atom stereocenters. The van der Waals surface area contributed by atoms with Gasteiger partial charge in [0.15, 0.2) is 10.3 Å². The van der Waals surface area contributed by atoms with E-state index in [0.717, 1.165) is 10.2 Å². The normalized spacial score (nSPS) is 11.0. The van der Waals surface area contributed by atoms with Gasteiger partial charge in [-0.3, -0.25) is 14.7 Å². The van der Waals surface area contributed by atoms with Crippen LogP contribution in [0.25, 0.3) is 15.9 Å². The summed E-state index contributed by atoms with van der Waals surface area (Å²) in [7, 11) is 0. The van der Waals surface area contributed by atoms with Crippen LogP contribution in [0.4, 0.5) is 9.52 Å². The molecule has 130 valence electrons. The molecule has 0 aliphatic rings. The van der Waals surface area contributed by atoms with Crippen LogP contribution in [0.3, 0.4) is 0 Å². The second-order valence-electron chi connectivity index (χ2n) is 5.38. The maximum atomic E-state index is 13.2. The number of nitrogens with zero attached hydrogens (tertiary/aromatic N) is 3. The Morgan fingerprint density at radius 2 is 1.96 bits per heavy atom. The number of thioether (sulfide) groups is 1. The van der Waals surface area contributed by atoms with Gasteiger partial charge in [0.05, 0.1) is 16.4 Å². The lowest BCUT2D eigenvalue weighted by molar-refractivity contribution is 0.102. The van der Waals surface area contributed by atoms with E-state index in [1.165, 1.54) is 41.4 Å². The number of halogens is 1. The maximum Gasteiger partial charge on any atom is 0.276 e. The Kier molecular flexibility index (Phi) is 4.44. The van der Waals surface area contributed by atoms with E-state index in [1.807, 2.05) is 30.5 Å². The summed E-state index contributed by atoms with van der Waals surface area (Å²) in [6, 6.07) is 13.6. The van der Waals surface area contributed by atoms with E-state index in [2.05, 4.69) is 15.3 Å². The predicted molar refractivity (Wildman–Crippen MR) is 103 cm³/mol. The second kappa shape index (κ2) is 6.89. The van der Waals surface area contributed by atoms with Crippen molar-refractivity contribution in [3.63, 3.8) is 0 Å². The van der Waals surface area contributed by atoms with E-state index >= 15 is 0 Å². The maximum absolute atomic E-state index is 13.2. The SMILES string of the molecule is CSc1ncc(C(=O)Nc2nc3ccccc3s2)n1-c1ccc(F)cc1. The van der Waals surface area contributed by atoms with E-state index in [-0.39, 0.29) is 11.7 Å². The van der Waals surface area contributed by atoms with Crippen molar-refractivity contribution in [2.75, 3.05) is 11.6 Å². The van der Waals surface area contributed by atoms with Crippen LogP contribution in [0.2, 0.25) is 0 Å². The summed E-state index contributed by atoms with van der Waals surface area (Å²) in [6.45, 7) is 0. The molecule has 5 nitrogen and oxygen atoms in total.